The second-order valence-electron chi connectivity index (χ2n) is 12.7. The molecule has 3 aliphatic rings. The number of nitrogens with two attached hydrogens (primary N) is 1. The van der Waals surface area contributed by atoms with E-state index in [0.29, 0.717) is 25.8 Å². The Morgan fingerprint density at radius 1 is 0.796 bits per heavy atom. The van der Waals surface area contributed by atoms with Gasteiger partial charge in [0.25, 0.3) is 5.79 Å². The van der Waals surface area contributed by atoms with E-state index in [1.807, 2.05) is 0 Å². The molecular weight excluding hydrogens is 666 g/mol. The minimum atomic E-state index is -2.35. The highest BCUT2D eigenvalue weighted by molar-refractivity contribution is 5.76. The SMILES string of the molecule is CC(CO)C1OC(OCCCCCN)(C(=O)O)CC(O)C1OC1OC(C(O)CO)C(O)C(OC2OC(C(O)CO)C(O)C(O)C2CO)C1O. The van der Waals surface area contributed by atoms with E-state index in [1.165, 1.54) is 6.92 Å². The fourth-order valence-corrected chi connectivity index (χ4v) is 6.17. The zero-order chi connectivity index (χ0) is 36.6. The molecule has 3 aliphatic heterocycles. The molecule has 3 saturated heterocycles. The van der Waals surface area contributed by atoms with Crippen LogP contribution < -0.4 is 5.73 Å². The smallest absolute Gasteiger partial charge is 0.364 e. The van der Waals surface area contributed by atoms with Crippen LogP contribution >= 0.6 is 0 Å². The summed E-state index contributed by atoms with van der Waals surface area (Å²) in [4.78, 5) is 12.4. The molecular formula is C29H53NO19. The van der Waals surface area contributed by atoms with Gasteiger partial charge in [-0.2, -0.15) is 0 Å². The molecule has 17 unspecified atom stereocenters. The third kappa shape index (κ3) is 9.60. The van der Waals surface area contributed by atoms with Gasteiger partial charge in [0.1, 0.15) is 54.9 Å². The van der Waals surface area contributed by atoms with E-state index in [-0.39, 0.29) is 6.61 Å². The number of hydrogen-bond acceptors (Lipinski definition) is 19. The number of carboxylic acid groups (broad SMARTS) is 1. The van der Waals surface area contributed by atoms with Crippen LogP contribution in [0.1, 0.15) is 32.6 Å². The first-order chi connectivity index (χ1) is 23.2. The molecule has 20 nitrogen and oxygen atoms in total. The molecule has 0 aromatic heterocycles. The summed E-state index contributed by atoms with van der Waals surface area (Å²) in [5, 5.41) is 124. The fourth-order valence-electron chi connectivity index (χ4n) is 6.17. The molecule has 288 valence electrons. The Labute approximate surface area is 282 Å². The highest BCUT2D eigenvalue weighted by Crippen LogP contribution is 2.39. The summed E-state index contributed by atoms with van der Waals surface area (Å²) in [6.45, 7) is -1.49. The molecule has 17 atom stereocenters. The molecule has 3 rings (SSSR count). The maximum Gasteiger partial charge on any atom is 0.364 e. The van der Waals surface area contributed by atoms with Crippen molar-refractivity contribution in [2.24, 2.45) is 17.6 Å². The number of aliphatic carboxylic acids is 1. The second-order valence-corrected chi connectivity index (χ2v) is 12.7. The lowest BCUT2D eigenvalue weighted by molar-refractivity contribution is -0.385. The van der Waals surface area contributed by atoms with Crippen LogP contribution in [0.3, 0.4) is 0 Å². The van der Waals surface area contributed by atoms with Gasteiger partial charge < -0.3 is 95.4 Å². The minimum Gasteiger partial charge on any atom is -0.477 e. The second kappa shape index (κ2) is 19.0. The van der Waals surface area contributed by atoms with Gasteiger partial charge in [-0.15, -0.1) is 0 Å². The molecule has 3 heterocycles. The van der Waals surface area contributed by atoms with Gasteiger partial charge in [0.05, 0.1) is 50.7 Å². The van der Waals surface area contributed by atoms with E-state index in [2.05, 4.69) is 0 Å². The summed E-state index contributed by atoms with van der Waals surface area (Å²) in [6.07, 6.45) is -23.6. The Morgan fingerprint density at radius 3 is 1.94 bits per heavy atom. The molecule has 3 fully saturated rings. The first kappa shape index (κ1) is 42.2. The van der Waals surface area contributed by atoms with Crippen LogP contribution in [0, 0.1) is 11.8 Å². The third-order valence-electron chi connectivity index (χ3n) is 9.14. The van der Waals surface area contributed by atoms with E-state index >= 15 is 0 Å². The summed E-state index contributed by atoms with van der Waals surface area (Å²) in [5.74, 6) is -6.24. The van der Waals surface area contributed by atoms with Crippen molar-refractivity contribution in [1.82, 2.24) is 0 Å². The van der Waals surface area contributed by atoms with Crippen molar-refractivity contribution in [3.8, 4) is 0 Å². The lowest BCUT2D eigenvalue weighted by atomic mass is 9.88. The van der Waals surface area contributed by atoms with E-state index in [1.54, 1.807) is 0 Å². The maximum absolute atomic E-state index is 12.4. The zero-order valence-electron chi connectivity index (χ0n) is 27.1. The number of hydrogen-bond donors (Lipinski definition) is 13. The quantitative estimate of drug-likeness (QED) is 0.0586. The predicted molar refractivity (Wildman–Crippen MR) is 159 cm³/mol. The Morgan fingerprint density at radius 2 is 1.39 bits per heavy atom. The largest absolute Gasteiger partial charge is 0.477 e. The van der Waals surface area contributed by atoms with Crippen molar-refractivity contribution >= 4 is 5.97 Å². The van der Waals surface area contributed by atoms with Gasteiger partial charge in [-0.1, -0.05) is 6.92 Å². The Kier molecular flexibility index (Phi) is 16.4. The van der Waals surface area contributed by atoms with Crippen LogP contribution in [0.4, 0.5) is 0 Å². The van der Waals surface area contributed by atoms with Gasteiger partial charge in [0, 0.05) is 18.9 Å². The van der Waals surface area contributed by atoms with Crippen LogP contribution in [0.25, 0.3) is 0 Å². The predicted octanol–water partition coefficient (Wildman–Crippen LogP) is -6.33. The monoisotopic (exact) mass is 719 g/mol. The van der Waals surface area contributed by atoms with Crippen molar-refractivity contribution in [2.45, 2.75) is 124 Å². The molecule has 14 N–H and O–H groups in total. The molecule has 0 aromatic carbocycles. The van der Waals surface area contributed by atoms with Gasteiger partial charge >= 0.3 is 5.97 Å². The molecule has 49 heavy (non-hydrogen) atoms. The third-order valence-corrected chi connectivity index (χ3v) is 9.14. The van der Waals surface area contributed by atoms with Gasteiger partial charge in [0.15, 0.2) is 12.6 Å². The van der Waals surface area contributed by atoms with Crippen molar-refractivity contribution in [3.63, 3.8) is 0 Å². The van der Waals surface area contributed by atoms with E-state index in [9.17, 15) is 66.1 Å². The summed E-state index contributed by atoms with van der Waals surface area (Å²) < 4.78 is 34.3. The van der Waals surface area contributed by atoms with Gasteiger partial charge in [0.2, 0.25) is 0 Å². The fraction of sp³-hybridized carbons (Fsp3) is 0.966. The van der Waals surface area contributed by atoms with Crippen LogP contribution in [0.2, 0.25) is 0 Å². The highest BCUT2D eigenvalue weighted by Gasteiger charge is 2.58. The summed E-state index contributed by atoms with van der Waals surface area (Å²) in [5.41, 5.74) is 5.50. The average Bonchev–Trinajstić information content (AvgIpc) is 3.08. The van der Waals surface area contributed by atoms with Crippen LogP contribution in [-0.2, 0) is 33.2 Å². The normalized spacial score (nSPS) is 42.0. The van der Waals surface area contributed by atoms with Gasteiger partial charge in [-0.3, -0.25) is 0 Å². The molecule has 0 radical (unpaired) electrons. The van der Waals surface area contributed by atoms with Crippen LogP contribution in [0.5, 0.6) is 0 Å². The minimum absolute atomic E-state index is 0.0627. The number of unbranched alkanes of at least 4 members (excludes halogenated alkanes) is 2. The maximum atomic E-state index is 12.4. The Bertz CT molecular complexity index is 999. The Hall–Kier alpha value is -1.25. The summed E-state index contributed by atoms with van der Waals surface area (Å²) >= 11 is 0. The van der Waals surface area contributed by atoms with Gasteiger partial charge in [-0.05, 0) is 25.8 Å². The molecule has 0 bridgehead atoms. The standard InChI is InChI=1S/C29H53NO19/c1-12(8-31)21-24(14(35)7-29(49-21,28(42)43)44-6-4-2-3-5-30)47-27-20(41)25(19(40)23(46-27)16(37)11-34)48-26-13(9-32)17(38)18(39)22(45-26)15(36)10-33/h12-27,31-41H,2-11,30H2,1H3,(H,42,43). The first-order valence-corrected chi connectivity index (χ1v) is 16.3. The molecule has 0 spiro atoms. The number of aliphatic hydroxyl groups is 11. The number of rotatable bonds is 18. The number of carbonyl (C=O) groups is 1. The summed E-state index contributed by atoms with van der Waals surface area (Å²) in [6, 6.07) is 0. The molecule has 0 amide bonds. The van der Waals surface area contributed by atoms with E-state index in [4.69, 9.17) is 34.2 Å². The van der Waals surface area contributed by atoms with Crippen molar-refractivity contribution in [3.05, 3.63) is 0 Å². The van der Waals surface area contributed by atoms with Crippen molar-refractivity contribution in [2.75, 3.05) is 39.6 Å². The number of carboxylic acids is 1. The van der Waals surface area contributed by atoms with Crippen molar-refractivity contribution < 1.29 is 94.5 Å². The number of aliphatic hydroxyl groups excluding tert-OH is 11. The first-order valence-electron chi connectivity index (χ1n) is 16.3. The topological polar surface area (TPSA) is 341 Å². The van der Waals surface area contributed by atoms with E-state index in [0.717, 1.165) is 0 Å². The lowest BCUT2D eigenvalue weighted by Crippen LogP contribution is -2.68. The van der Waals surface area contributed by atoms with Crippen molar-refractivity contribution in [1.29, 1.82) is 0 Å². The zero-order valence-corrected chi connectivity index (χ0v) is 27.1. The lowest BCUT2D eigenvalue weighted by Gasteiger charge is -2.50. The van der Waals surface area contributed by atoms with Crippen LogP contribution in [-0.4, -0.2) is 198 Å². The molecule has 20 heteroatoms. The summed E-state index contributed by atoms with van der Waals surface area (Å²) in [7, 11) is 0. The van der Waals surface area contributed by atoms with E-state index < -0.39 is 142 Å². The molecule has 0 saturated carbocycles. The molecule has 0 aromatic rings. The number of ether oxygens (including phenoxy) is 6. The Balaban J connectivity index is 1.90. The van der Waals surface area contributed by atoms with Gasteiger partial charge in [-0.25, -0.2) is 4.79 Å². The van der Waals surface area contributed by atoms with Crippen LogP contribution in [0.15, 0.2) is 0 Å². The average molecular weight is 720 g/mol. The highest BCUT2D eigenvalue weighted by atomic mass is 16.8. The molecule has 0 aliphatic carbocycles.